The van der Waals surface area contributed by atoms with Gasteiger partial charge in [0.25, 0.3) is 5.69 Å². The Balaban J connectivity index is 1.94. The molecule has 0 spiro atoms. The highest BCUT2D eigenvalue weighted by Crippen LogP contribution is 2.28. The minimum atomic E-state index is -0.671. The third-order valence-corrected chi connectivity index (χ3v) is 3.52. The van der Waals surface area contributed by atoms with E-state index in [9.17, 15) is 18.9 Å². The number of halogens is 2. The summed E-state index contributed by atoms with van der Waals surface area (Å²) in [5.41, 5.74) is 1.11. The number of nitro groups is 1. The third-order valence-electron chi connectivity index (χ3n) is 3.52. The zero-order valence-electron chi connectivity index (χ0n) is 12.8. The van der Waals surface area contributed by atoms with Crippen LogP contribution in [0.1, 0.15) is 17.2 Å². The molecule has 2 aromatic carbocycles. The van der Waals surface area contributed by atoms with Gasteiger partial charge in [0.2, 0.25) is 5.88 Å². The SMILES string of the molecule is O=[N+]([O-])c1ccc(OC(c2ccc(F)cc2)c2ccc(F)cc2)nc1. The van der Waals surface area contributed by atoms with E-state index in [0.717, 1.165) is 6.20 Å². The Labute approximate surface area is 141 Å². The molecule has 0 atom stereocenters. The molecule has 1 heterocycles. The molecule has 25 heavy (non-hydrogen) atoms. The first-order chi connectivity index (χ1) is 12.0. The lowest BCUT2D eigenvalue weighted by atomic mass is 10.0. The van der Waals surface area contributed by atoms with E-state index in [1.165, 1.54) is 36.4 Å². The van der Waals surface area contributed by atoms with Crippen molar-refractivity contribution in [3.63, 3.8) is 0 Å². The molecule has 0 amide bonds. The fourth-order valence-corrected chi connectivity index (χ4v) is 2.27. The van der Waals surface area contributed by atoms with Crippen molar-refractivity contribution in [1.29, 1.82) is 0 Å². The van der Waals surface area contributed by atoms with E-state index < -0.39 is 22.7 Å². The van der Waals surface area contributed by atoms with Gasteiger partial charge in [0, 0.05) is 12.1 Å². The molecule has 7 heteroatoms. The summed E-state index contributed by atoms with van der Waals surface area (Å²) >= 11 is 0. The fourth-order valence-electron chi connectivity index (χ4n) is 2.27. The van der Waals surface area contributed by atoms with Crippen LogP contribution < -0.4 is 4.74 Å². The van der Waals surface area contributed by atoms with Crippen molar-refractivity contribution >= 4 is 5.69 Å². The second-order valence-corrected chi connectivity index (χ2v) is 5.21. The predicted molar refractivity (Wildman–Crippen MR) is 86.2 cm³/mol. The molecule has 0 saturated carbocycles. The van der Waals surface area contributed by atoms with Crippen molar-refractivity contribution in [2.24, 2.45) is 0 Å². The van der Waals surface area contributed by atoms with Gasteiger partial charge < -0.3 is 4.74 Å². The van der Waals surface area contributed by atoms with E-state index in [4.69, 9.17) is 4.74 Å². The largest absolute Gasteiger partial charge is 0.465 e. The van der Waals surface area contributed by atoms with Crippen molar-refractivity contribution in [3.8, 4) is 5.88 Å². The summed E-state index contributed by atoms with van der Waals surface area (Å²) in [4.78, 5) is 14.0. The molecule has 0 saturated heterocycles. The summed E-state index contributed by atoms with van der Waals surface area (Å²) in [5.74, 6) is -0.630. The highest BCUT2D eigenvalue weighted by molar-refractivity contribution is 5.34. The van der Waals surface area contributed by atoms with Crippen molar-refractivity contribution in [2.45, 2.75) is 6.10 Å². The Kier molecular flexibility index (Phi) is 4.65. The van der Waals surface area contributed by atoms with Crippen LogP contribution in [0.5, 0.6) is 5.88 Å². The maximum absolute atomic E-state index is 13.2. The van der Waals surface area contributed by atoms with Gasteiger partial charge in [0.15, 0.2) is 6.10 Å². The van der Waals surface area contributed by atoms with Crippen molar-refractivity contribution in [1.82, 2.24) is 4.98 Å². The molecule has 0 aliphatic rings. The average Bonchev–Trinajstić information content (AvgIpc) is 2.62. The Morgan fingerprint density at radius 2 is 1.40 bits per heavy atom. The van der Waals surface area contributed by atoms with Crippen molar-refractivity contribution in [3.05, 3.63) is 99.7 Å². The summed E-state index contributed by atoms with van der Waals surface area (Å²) in [6.07, 6.45) is 0.414. The fraction of sp³-hybridized carbons (Fsp3) is 0.0556. The standard InChI is InChI=1S/C18H12F2N2O3/c19-14-5-1-12(2-6-14)18(13-3-7-15(20)8-4-13)25-17-10-9-16(11-21-17)22(23)24/h1-11,18H. The van der Waals surface area contributed by atoms with Crippen molar-refractivity contribution in [2.75, 3.05) is 0 Å². The van der Waals surface area contributed by atoms with Gasteiger partial charge in [-0.2, -0.15) is 0 Å². The molecule has 0 radical (unpaired) electrons. The zero-order chi connectivity index (χ0) is 17.8. The Hall–Kier alpha value is -3.35. The number of hydrogen-bond acceptors (Lipinski definition) is 4. The van der Waals surface area contributed by atoms with Crippen molar-refractivity contribution < 1.29 is 18.4 Å². The van der Waals surface area contributed by atoms with Gasteiger partial charge in [-0.05, 0) is 35.4 Å². The molecular formula is C18H12F2N2O3. The smallest absolute Gasteiger partial charge is 0.287 e. The summed E-state index contributed by atoms with van der Waals surface area (Å²) in [5, 5.41) is 10.7. The van der Waals surface area contributed by atoms with Gasteiger partial charge in [0.05, 0.1) is 4.92 Å². The quantitative estimate of drug-likeness (QED) is 0.508. The molecule has 3 aromatic rings. The first kappa shape index (κ1) is 16.5. The van der Waals surface area contributed by atoms with Gasteiger partial charge in [-0.3, -0.25) is 10.1 Å². The molecule has 3 rings (SSSR count). The zero-order valence-corrected chi connectivity index (χ0v) is 12.8. The maximum Gasteiger partial charge on any atom is 0.287 e. The summed E-state index contributed by atoms with van der Waals surface area (Å²) in [6, 6.07) is 14.0. The number of rotatable bonds is 5. The minimum Gasteiger partial charge on any atom is -0.465 e. The summed E-state index contributed by atoms with van der Waals surface area (Å²) < 4.78 is 32.2. The van der Waals surface area contributed by atoms with Gasteiger partial charge >= 0.3 is 0 Å². The van der Waals surface area contributed by atoms with E-state index in [1.807, 2.05) is 0 Å². The molecule has 0 fully saturated rings. The highest BCUT2D eigenvalue weighted by Gasteiger charge is 2.18. The Bertz CT molecular complexity index is 821. The van der Waals surface area contributed by atoms with E-state index in [0.29, 0.717) is 11.1 Å². The lowest BCUT2D eigenvalue weighted by Crippen LogP contribution is -2.10. The van der Waals surface area contributed by atoms with Gasteiger partial charge in [-0.1, -0.05) is 24.3 Å². The first-order valence-electron chi connectivity index (χ1n) is 7.31. The third kappa shape index (κ3) is 3.95. The minimum absolute atomic E-state index is 0.157. The van der Waals surface area contributed by atoms with Gasteiger partial charge in [0.1, 0.15) is 17.8 Å². The number of nitrogens with zero attached hydrogens (tertiary/aromatic N) is 2. The molecule has 126 valence electrons. The lowest BCUT2D eigenvalue weighted by molar-refractivity contribution is -0.385. The van der Waals surface area contributed by atoms with Crippen LogP contribution in [0.3, 0.4) is 0 Å². The Morgan fingerprint density at radius 3 is 1.80 bits per heavy atom. The molecule has 0 aliphatic heterocycles. The molecule has 1 aromatic heterocycles. The number of ether oxygens (including phenoxy) is 1. The second kappa shape index (κ2) is 7.04. The summed E-state index contributed by atoms with van der Waals surface area (Å²) in [7, 11) is 0. The first-order valence-corrected chi connectivity index (χ1v) is 7.31. The molecule has 0 N–H and O–H groups in total. The molecule has 0 bridgehead atoms. The monoisotopic (exact) mass is 342 g/mol. The maximum atomic E-state index is 13.2. The number of benzene rings is 2. The number of pyridine rings is 1. The highest BCUT2D eigenvalue weighted by atomic mass is 19.1. The molecule has 0 unspecified atom stereocenters. The molecular weight excluding hydrogens is 330 g/mol. The van der Waals surface area contributed by atoms with E-state index in [-0.39, 0.29) is 11.6 Å². The van der Waals surface area contributed by atoms with Crippen LogP contribution in [0.4, 0.5) is 14.5 Å². The van der Waals surface area contributed by atoms with E-state index in [2.05, 4.69) is 4.98 Å². The van der Waals surface area contributed by atoms with Gasteiger partial charge in [-0.25, -0.2) is 13.8 Å². The van der Waals surface area contributed by atoms with Crippen LogP contribution in [0.2, 0.25) is 0 Å². The van der Waals surface area contributed by atoms with E-state index >= 15 is 0 Å². The summed E-state index contributed by atoms with van der Waals surface area (Å²) in [6.45, 7) is 0. The predicted octanol–water partition coefficient (Wildman–Crippen LogP) is 4.44. The van der Waals surface area contributed by atoms with Crippen LogP contribution in [0, 0.1) is 21.7 Å². The number of aromatic nitrogens is 1. The normalized spacial score (nSPS) is 10.7. The molecule has 5 nitrogen and oxygen atoms in total. The Morgan fingerprint density at radius 1 is 0.880 bits per heavy atom. The van der Waals surface area contributed by atoms with Crippen LogP contribution >= 0.6 is 0 Å². The van der Waals surface area contributed by atoms with Crippen LogP contribution in [-0.2, 0) is 0 Å². The topological polar surface area (TPSA) is 65.3 Å². The van der Waals surface area contributed by atoms with Crippen LogP contribution in [0.15, 0.2) is 66.9 Å². The number of hydrogen-bond donors (Lipinski definition) is 0. The van der Waals surface area contributed by atoms with Crippen LogP contribution in [0.25, 0.3) is 0 Å². The lowest BCUT2D eigenvalue weighted by Gasteiger charge is -2.19. The average molecular weight is 342 g/mol. The van der Waals surface area contributed by atoms with Crippen LogP contribution in [-0.4, -0.2) is 9.91 Å². The molecule has 0 aliphatic carbocycles. The van der Waals surface area contributed by atoms with Gasteiger partial charge in [-0.15, -0.1) is 0 Å². The second-order valence-electron chi connectivity index (χ2n) is 5.21. The van der Waals surface area contributed by atoms with E-state index in [1.54, 1.807) is 24.3 Å².